The Bertz CT molecular complexity index is 1730. The molecule has 1 saturated heterocycles. The summed E-state index contributed by atoms with van der Waals surface area (Å²) in [4.78, 5) is 17.8. The van der Waals surface area contributed by atoms with Crippen LogP contribution in [0.25, 0.3) is 0 Å². The van der Waals surface area contributed by atoms with Crippen LogP contribution in [-0.4, -0.2) is 42.8 Å². The number of piperidine rings is 1. The number of pyridine rings is 1. The second kappa shape index (κ2) is 11.3. The third-order valence-electron chi connectivity index (χ3n) is 7.64. The number of nitrogens with one attached hydrogen (secondary N) is 2. The zero-order valence-corrected chi connectivity index (χ0v) is 23.2. The fourth-order valence-corrected chi connectivity index (χ4v) is 6.89. The lowest BCUT2D eigenvalue weighted by Crippen LogP contribution is -2.52. The molecule has 2 aromatic carbocycles. The van der Waals surface area contributed by atoms with Crippen molar-refractivity contribution in [2.75, 3.05) is 18.4 Å². The van der Waals surface area contributed by atoms with Gasteiger partial charge >= 0.3 is 0 Å². The summed E-state index contributed by atoms with van der Waals surface area (Å²) >= 11 is 0. The van der Waals surface area contributed by atoms with Crippen molar-refractivity contribution in [3.63, 3.8) is 0 Å². The number of aromatic nitrogens is 1. The molecule has 1 atom stereocenters. The van der Waals surface area contributed by atoms with Crippen LogP contribution in [0.4, 0.5) is 23.2 Å². The van der Waals surface area contributed by atoms with Gasteiger partial charge in [0.05, 0.1) is 10.3 Å². The fourth-order valence-electron chi connectivity index (χ4n) is 5.36. The predicted molar refractivity (Wildman–Crippen MR) is 149 cm³/mol. The third-order valence-corrected chi connectivity index (χ3v) is 9.46. The van der Waals surface area contributed by atoms with Gasteiger partial charge in [-0.3, -0.25) is 9.78 Å². The molecule has 1 fully saturated rings. The highest BCUT2D eigenvalue weighted by atomic mass is 32.2. The van der Waals surface area contributed by atoms with E-state index in [9.17, 15) is 30.8 Å². The number of allylic oxidation sites excluding steroid dienone is 2. The number of fused-ring (bicyclic) bond motifs is 1. The van der Waals surface area contributed by atoms with Gasteiger partial charge in [0.25, 0.3) is 0 Å². The monoisotopic (exact) mass is 598 g/mol. The maximum Gasteiger partial charge on any atom is 0.243 e. The van der Waals surface area contributed by atoms with Crippen molar-refractivity contribution in [3.8, 4) is 0 Å². The number of hydrogen-bond acceptors (Lipinski definition) is 6. The van der Waals surface area contributed by atoms with Gasteiger partial charge in [0.2, 0.25) is 10.0 Å². The number of carbonyl (C=O) groups is 1. The van der Waals surface area contributed by atoms with Crippen LogP contribution in [0.5, 0.6) is 0 Å². The average Bonchev–Trinajstić information content (AvgIpc) is 2.99. The second-order valence-corrected chi connectivity index (χ2v) is 12.1. The van der Waals surface area contributed by atoms with E-state index in [-0.39, 0.29) is 25.1 Å². The van der Waals surface area contributed by atoms with Crippen molar-refractivity contribution in [3.05, 3.63) is 112 Å². The summed E-state index contributed by atoms with van der Waals surface area (Å²) < 4.78 is 83.2. The largest absolute Gasteiger partial charge is 0.355 e. The van der Waals surface area contributed by atoms with Gasteiger partial charge in [0, 0.05) is 36.9 Å². The lowest BCUT2D eigenvalue weighted by Gasteiger charge is -2.45. The molecular weight excluding hydrogens is 572 g/mol. The molecular formula is C30H26F4N4O3S. The first-order valence-electron chi connectivity index (χ1n) is 13.1. The third kappa shape index (κ3) is 5.27. The Balaban J connectivity index is 1.60. The maximum absolute atomic E-state index is 14.3. The number of ketones is 1. The number of benzene rings is 2. The van der Waals surface area contributed by atoms with E-state index in [1.165, 1.54) is 30.5 Å². The lowest BCUT2D eigenvalue weighted by molar-refractivity contribution is 0.0769. The van der Waals surface area contributed by atoms with Crippen LogP contribution in [0.3, 0.4) is 0 Å². The van der Waals surface area contributed by atoms with Gasteiger partial charge in [-0.25, -0.2) is 26.0 Å². The zero-order valence-electron chi connectivity index (χ0n) is 22.4. The van der Waals surface area contributed by atoms with Crippen molar-refractivity contribution < 1.29 is 30.8 Å². The molecule has 0 saturated carbocycles. The van der Waals surface area contributed by atoms with E-state index < -0.39 is 55.9 Å². The van der Waals surface area contributed by atoms with Crippen molar-refractivity contribution in [1.82, 2.24) is 9.29 Å². The number of aryl methyl sites for hydroxylation is 1. The molecule has 2 aliphatic rings. The quantitative estimate of drug-likeness (QED) is 0.148. The molecule has 2 N–H and O–H groups in total. The summed E-state index contributed by atoms with van der Waals surface area (Å²) in [6, 6.07) is 9.79. The molecule has 3 aromatic rings. The smallest absolute Gasteiger partial charge is 0.243 e. The SMILES string of the molecule is CCc1ccnc(C(=O)[C@]23CC(C=N)=C(Nc4ccc(F)cc4)C=C2CCN(S(=O)(=O)c2cc(F)c(F)c(F)c2)C3)c1. The predicted octanol–water partition coefficient (Wildman–Crippen LogP) is 5.81. The molecule has 12 heteroatoms. The highest BCUT2D eigenvalue weighted by Crippen LogP contribution is 2.48. The molecule has 0 unspecified atom stereocenters. The van der Waals surface area contributed by atoms with Gasteiger partial charge < -0.3 is 10.7 Å². The summed E-state index contributed by atoms with van der Waals surface area (Å²) in [5.41, 5.74) is 1.43. The van der Waals surface area contributed by atoms with Crippen molar-refractivity contribution >= 4 is 27.7 Å². The number of sulfonamides is 1. The fraction of sp³-hybridized carbons (Fsp3) is 0.233. The van der Waals surface area contributed by atoms with Crippen LogP contribution in [0, 0.1) is 34.1 Å². The molecule has 0 amide bonds. The van der Waals surface area contributed by atoms with Gasteiger partial charge in [-0.2, -0.15) is 4.31 Å². The molecule has 2 heterocycles. The average molecular weight is 599 g/mol. The van der Waals surface area contributed by atoms with Crippen LogP contribution in [0.1, 0.15) is 35.8 Å². The number of rotatable bonds is 8. The first-order chi connectivity index (χ1) is 20.0. The highest BCUT2D eigenvalue weighted by molar-refractivity contribution is 7.89. The molecule has 1 aromatic heterocycles. The van der Waals surface area contributed by atoms with E-state index in [1.54, 1.807) is 18.2 Å². The van der Waals surface area contributed by atoms with Crippen LogP contribution in [0.15, 0.2) is 82.5 Å². The van der Waals surface area contributed by atoms with Crippen molar-refractivity contribution in [2.45, 2.75) is 31.1 Å². The van der Waals surface area contributed by atoms with E-state index in [0.29, 0.717) is 41.1 Å². The second-order valence-electron chi connectivity index (χ2n) is 10.2. The van der Waals surface area contributed by atoms with Crippen LogP contribution in [0.2, 0.25) is 0 Å². The molecule has 1 aliphatic heterocycles. The number of carbonyl (C=O) groups excluding carboxylic acids is 1. The number of halogens is 4. The van der Waals surface area contributed by atoms with Crippen LogP contribution < -0.4 is 5.32 Å². The van der Waals surface area contributed by atoms with Gasteiger partial charge in [0.15, 0.2) is 23.2 Å². The summed E-state index contributed by atoms with van der Waals surface area (Å²) in [6.07, 6.45) is 4.85. The zero-order chi connectivity index (χ0) is 30.2. The van der Waals surface area contributed by atoms with E-state index in [4.69, 9.17) is 5.41 Å². The Morgan fingerprint density at radius 2 is 1.79 bits per heavy atom. The molecule has 42 heavy (non-hydrogen) atoms. The van der Waals surface area contributed by atoms with Crippen LogP contribution in [-0.2, 0) is 16.4 Å². The first-order valence-corrected chi connectivity index (χ1v) is 14.5. The van der Waals surface area contributed by atoms with Gasteiger partial charge in [-0.15, -0.1) is 0 Å². The standard InChI is InChI=1S/C30H26F4N4O3S/c1-2-18-7-9-36-27(11-18)29(39)30-15-19(16-35)26(37-22-5-3-21(31)4-6-22)12-20(30)8-10-38(17-30)42(40,41)23-13-24(32)28(34)25(33)14-23/h3-7,9,11-14,16,35,37H,2,8,10,15,17H2,1H3/t30-/m0/s1. The van der Waals surface area contributed by atoms with Crippen molar-refractivity contribution in [2.24, 2.45) is 5.41 Å². The Morgan fingerprint density at radius 1 is 1.10 bits per heavy atom. The molecule has 0 radical (unpaired) electrons. The van der Waals surface area contributed by atoms with Gasteiger partial charge in [0.1, 0.15) is 11.5 Å². The molecule has 218 valence electrons. The number of Topliss-reactive ketones (excluding diaryl/α,β-unsaturated/α-hetero) is 1. The number of anilines is 1. The van der Waals surface area contributed by atoms with Crippen molar-refractivity contribution in [1.29, 1.82) is 5.41 Å². The molecule has 7 nitrogen and oxygen atoms in total. The van der Waals surface area contributed by atoms with Crippen LogP contribution >= 0.6 is 0 Å². The highest BCUT2D eigenvalue weighted by Gasteiger charge is 2.51. The maximum atomic E-state index is 14.3. The summed E-state index contributed by atoms with van der Waals surface area (Å²) in [6.45, 7) is 1.38. The Morgan fingerprint density at radius 3 is 2.43 bits per heavy atom. The summed E-state index contributed by atoms with van der Waals surface area (Å²) in [5, 5.41) is 11.3. The number of nitrogens with zero attached hydrogens (tertiary/aromatic N) is 2. The normalized spacial score (nSPS) is 19.2. The minimum Gasteiger partial charge on any atom is -0.355 e. The topological polar surface area (TPSA) is 103 Å². The lowest BCUT2D eigenvalue weighted by atomic mass is 9.65. The van der Waals surface area contributed by atoms with E-state index in [2.05, 4.69) is 10.3 Å². The molecule has 0 bridgehead atoms. The summed E-state index contributed by atoms with van der Waals surface area (Å²) in [5.74, 6) is -5.99. The molecule has 1 aliphatic carbocycles. The van der Waals surface area contributed by atoms with Gasteiger partial charge in [-0.1, -0.05) is 12.5 Å². The van der Waals surface area contributed by atoms with E-state index >= 15 is 0 Å². The summed E-state index contributed by atoms with van der Waals surface area (Å²) in [7, 11) is -4.57. The Hall–Kier alpha value is -4.16. The van der Waals surface area contributed by atoms with E-state index in [1.807, 2.05) is 6.92 Å². The first kappa shape index (κ1) is 29.3. The van der Waals surface area contributed by atoms with E-state index in [0.717, 1.165) is 16.1 Å². The molecule has 5 rings (SSSR count). The Labute approximate surface area is 240 Å². The molecule has 0 spiro atoms. The number of hydrogen-bond donors (Lipinski definition) is 2. The minimum absolute atomic E-state index is 0.0739. The minimum atomic E-state index is -4.57. The Kier molecular flexibility index (Phi) is 7.86. The van der Waals surface area contributed by atoms with Gasteiger partial charge in [-0.05, 0) is 85.0 Å².